The molecule has 0 aliphatic rings. The molecular formula is C7H9O2PSe2. The van der Waals surface area contributed by atoms with Crippen LogP contribution in [0.1, 0.15) is 5.56 Å². The summed E-state index contributed by atoms with van der Waals surface area (Å²) in [5.41, 5.74) is 1.07. The first-order valence-electron chi connectivity index (χ1n) is 3.32. The van der Waals surface area contributed by atoms with E-state index < -0.39 is 4.65 Å². The van der Waals surface area contributed by atoms with Crippen molar-refractivity contribution in [2.45, 2.75) is 6.61 Å². The topological polar surface area (TPSA) is 29.5 Å². The summed E-state index contributed by atoms with van der Waals surface area (Å²) >= 11 is 4.73. The molecule has 1 unspecified atom stereocenters. The Bertz CT molecular complexity index is 283. The van der Waals surface area contributed by atoms with Crippen molar-refractivity contribution in [2.24, 2.45) is 0 Å². The van der Waals surface area contributed by atoms with Crippen molar-refractivity contribution in [3.05, 3.63) is 35.9 Å². The molecule has 0 spiro atoms. The quantitative estimate of drug-likeness (QED) is 0.665. The van der Waals surface area contributed by atoms with E-state index in [-0.39, 0.29) is 0 Å². The van der Waals surface area contributed by atoms with Crippen LogP contribution in [0.25, 0.3) is 0 Å². The van der Waals surface area contributed by atoms with Crippen molar-refractivity contribution in [1.82, 2.24) is 0 Å². The minimum absolute atomic E-state index is 0.451. The second-order valence-electron chi connectivity index (χ2n) is 2.25. The van der Waals surface area contributed by atoms with Crippen molar-refractivity contribution < 1.29 is 9.42 Å². The number of hydrogen-bond acceptors (Lipinski definition) is 2. The summed E-state index contributed by atoms with van der Waals surface area (Å²) in [7, 11) is 0. The molecule has 1 rings (SSSR count). The summed E-state index contributed by atoms with van der Waals surface area (Å²) < 4.78 is 2.93. The van der Waals surface area contributed by atoms with Gasteiger partial charge in [-0.05, 0) is 0 Å². The van der Waals surface area contributed by atoms with E-state index in [0.717, 1.165) is 5.56 Å². The summed E-state index contributed by atoms with van der Waals surface area (Å²) in [6.45, 7) is 0.451. The molecule has 5 heteroatoms. The normalized spacial score (nSPS) is 15.5. The van der Waals surface area contributed by atoms with Gasteiger partial charge in [0.15, 0.2) is 0 Å². The zero-order valence-corrected chi connectivity index (χ0v) is 10.7. The molecule has 0 aromatic heterocycles. The summed E-state index contributed by atoms with van der Waals surface area (Å²) in [5, 5.41) is 0. The molecule has 0 heterocycles. The third kappa shape index (κ3) is 4.59. The Morgan fingerprint density at radius 3 is 2.50 bits per heavy atom. The van der Waals surface area contributed by atoms with Crippen LogP contribution in [0, 0.1) is 0 Å². The summed E-state index contributed by atoms with van der Waals surface area (Å²) in [4.78, 5) is 9.28. The van der Waals surface area contributed by atoms with Crippen LogP contribution in [0.4, 0.5) is 0 Å². The first kappa shape index (κ1) is 10.7. The molecule has 0 amide bonds. The molecule has 12 heavy (non-hydrogen) atoms. The van der Waals surface area contributed by atoms with Gasteiger partial charge in [-0.2, -0.15) is 0 Å². The van der Waals surface area contributed by atoms with Crippen LogP contribution < -0.4 is 0 Å². The molecule has 0 aliphatic heterocycles. The second-order valence-corrected chi connectivity index (χ2v) is 14.0. The molecule has 1 atom stereocenters. The predicted molar refractivity (Wildman–Crippen MR) is 53.3 cm³/mol. The van der Waals surface area contributed by atoms with Gasteiger partial charge in [-0.3, -0.25) is 0 Å². The van der Waals surface area contributed by atoms with Gasteiger partial charge < -0.3 is 0 Å². The molecule has 0 fully saturated rings. The van der Waals surface area contributed by atoms with Crippen LogP contribution in [-0.4, -0.2) is 35.6 Å². The van der Waals surface area contributed by atoms with E-state index in [1.54, 1.807) is 0 Å². The third-order valence-electron chi connectivity index (χ3n) is 1.24. The first-order valence-corrected chi connectivity index (χ1v) is 9.66. The molecule has 0 aliphatic carbocycles. The van der Waals surface area contributed by atoms with Gasteiger partial charge >= 0.3 is 87.2 Å². The first-order chi connectivity index (χ1) is 5.58. The average Bonchev–Trinajstić information content (AvgIpc) is 2.02. The third-order valence-corrected chi connectivity index (χ3v) is 3.10. The van der Waals surface area contributed by atoms with E-state index in [1.165, 1.54) is 0 Å². The Morgan fingerprint density at radius 2 is 2.00 bits per heavy atom. The van der Waals surface area contributed by atoms with Crippen LogP contribution in [0.3, 0.4) is 0 Å². The summed E-state index contributed by atoms with van der Waals surface area (Å²) in [6, 6.07) is 9.76. The van der Waals surface area contributed by atoms with Gasteiger partial charge in [0.05, 0.1) is 0 Å². The Hall–Kier alpha value is 0.609. The maximum absolute atomic E-state index is 9.28. The van der Waals surface area contributed by atoms with E-state index in [2.05, 4.69) is 30.7 Å². The van der Waals surface area contributed by atoms with Crippen LogP contribution in [-0.2, 0) is 11.1 Å². The SMILES string of the molecule is OP(=[Se])([SeH])OCc1ccccc1. The predicted octanol–water partition coefficient (Wildman–Crippen LogP) is 0.942. The van der Waals surface area contributed by atoms with Crippen molar-refractivity contribution in [3.63, 3.8) is 0 Å². The van der Waals surface area contributed by atoms with Gasteiger partial charge in [-0.15, -0.1) is 0 Å². The molecule has 1 aromatic carbocycles. The fraction of sp³-hybridized carbons (Fsp3) is 0.143. The van der Waals surface area contributed by atoms with Gasteiger partial charge in [0.1, 0.15) is 0 Å². The van der Waals surface area contributed by atoms with Crippen molar-refractivity contribution >= 4 is 35.3 Å². The number of rotatable bonds is 3. The van der Waals surface area contributed by atoms with Crippen LogP contribution in [0.5, 0.6) is 0 Å². The second kappa shape index (κ2) is 4.74. The molecule has 0 saturated heterocycles. The molecule has 2 nitrogen and oxygen atoms in total. The number of benzene rings is 1. The Labute approximate surface area is 87.1 Å². The molecule has 66 valence electrons. The molecule has 1 N–H and O–H groups in total. The Kier molecular flexibility index (Phi) is 4.22. The summed E-state index contributed by atoms with van der Waals surface area (Å²) in [6.07, 6.45) is 0. The Morgan fingerprint density at radius 1 is 1.42 bits per heavy atom. The fourth-order valence-electron chi connectivity index (χ4n) is 0.733. The Balaban J connectivity index is 2.50. The van der Waals surface area contributed by atoms with Gasteiger partial charge in [0, 0.05) is 0 Å². The van der Waals surface area contributed by atoms with Crippen molar-refractivity contribution in [2.75, 3.05) is 0 Å². The van der Waals surface area contributed by atoms with Crippen molar-refractivity contribution in [1.29, 1.82) is 0 Å². The standard InChI is InChI=1S/C7H9O2PSe2/c8-10(11,12)9-6-7-4-2-1-3-5-7/h1-5H,6H2,(H2,8,11,12). The zero-order chi connectivity index (χ0) is 9.03. The van der Waals surface area contributed by atoms with Crippen LogP contribution >= 0.6 is 4.65 Å². The van der Waals surface area contributed by atoms with Crippen LogP contribution in [0.2, 0.25) is 0 Å². The van der Waals surface area contributed by atoms with Gasteiger partial charge in [-0.1, -0.05) is 0 Å². The molecule has 1 aromatic rings. The van der Waals surface area contributed by atoms with Gasteiger partial charge in [-0.25, -0.2) is 0 Å². The van der Waals surface area contributed by atoms with E-state index in [1.807, 2.05) is 30.3 Å². The monoisotopic (exact) mass is 316 g/mol. The van der Waals surface area contributed by atoms with E-state index in [4.69, 9.17) is 4.52 Å². The summed E-state index contributed by atoms with van der Waals surface area (Å²) in [5.74, 6) is 0. The maximum atomic E-state index is 9.28. The fourth-order valence-corrected chi connectivity index (χ4v) is 1.75. The zero-order valence-electron chi connectivity index (χ0n) is 6.25. The molecule has 0 radical (unpaired) electrons. The molecular weight excluding hydrogens is 305 g/mol. The van der Waals surface area contributed by atoms with E-state index in [9.17, 15) is 4.89 Å². The molecule has 0 bridgehead atoms. The van der Waals surface area contributed by atoms with Gasteiger partial charge in [0.2, 0.25) is 0 Å². The van der Waals surface area contributed by atoms with Crippen molar-refractivity contribution in [3.8, 4) is 0 Å². The van der Waals surface area contributed by atoms with Crippen LogP contribution in [0.15, 0.2) is 30.3 Å². The van der Waals surface area contributed by atoms with E-state index >= 15 is 0 Å². The average molecular weight is 314 g/mol. The molecule has 0 saturated carbocycles. The van der Waals surface area contributed by atoms with Gasteiger partial charge in [0.25, 0.3) is 0 Å². The van der Waals surface area contributed by atoms with E-state index in [0.29, 0.717) is 6.61 Å². The number of hydrogen-bond donors (Lipinski definition) is 1. The minimum atomic E-state index is -2.27.